The van der Waals surface area contributed by atoms with Crippen LogP contribution in [0.25, 0.3) is 0 Å². The highest BCUT2D eigenvalue weighted by Crippen LogP contribution is 2.22. The highest BCUT2D eigenvalue weighted by atomic mass is 32.3. The van der Waals surface area contributed by atoms with E-state index < -0.39 is 15.5 Å². The van der Waals surface area contributed by atoms with Crippen molar-refractivity contribution in [1.29, 1.82) is 0 Å². The van der Waals surface area contributed by atoms with Gasteiger partial charge in [0.25, 0.3) is 0 Å². The number of aryl methyl sites for hydroxylation is 1. The van der Waals surface area contributed by atoms with Gasteiger partial charge in [-0.2, -0.15) is 8.42 Å². The van der Waals surface area contributed by atoms with Crippen LogP contribution in [0.1, 0.15) is 18.9 Å². The molecule has 116 valence electrons. The number of nitrogens with zero attached hydrogens (tertiary/aromatic N) is 1. The lowest BCUT2D eigenvalue weighted by molar-refractivity contribution is -0.129. The van der Waals surface area contributed by atoms with Gasteiger partial charge >= 0.3 is 10.2 Å². The van der Waals surface area contributed by atoms with Gasteiger partial charge in [0.15, 0.2) is 0 Å². The number of hydrogen-bond acceptors (Lipinski definition) is 4. The lowest BCUT2D eigenvalue weighted by Crippen LogP contribution is -2.39. The van der Waals surface area contributed by atoms with Crippen molar-refractivity contribution in [1.82, 2.24) is 4.90 Å². The molecule has 1 aromatic carbocycles. The third-order valence-electron chi connectivity index (χ3n) is 3.57. The van der Waals surface area contributed by atoms with Crippen molar-refractivity contribution in [3.05, 3.63) is 29.8 Å². The molecular weight excluding hydrogens is 297 g/mol. The van der Waals surface area contributed by atoms with E-state index in [4.69, 9.17) is 4.74 Å². The zero-order valence-corrected chi connectivity index (χ0v) is 12.8. The molecule has 2 atom stereocenters. The van der Waals surface area contributed by atoms with Crippen molar-refractivity contribution in [2.75, 3.05) is 13.2 Å². The summed E-state index contributed by atoms with van der Waals surface area (Å²) in [7, 11) is -4.68. The van der Waals surface area contributed by atoms with Crippen molar-refractivity contribution < 1.29 is 21.8 Å². The van der Waals surface area contributed by atoms with Crippen molar-refractivity contribution in [3.63, 3.8) is 0 Å². The first-order valence-electron chi connectivity index (χ1n) is 6.70. The van der Waals surface area contributed by atoms with Gasteiger partial charge in [0.1, 0.15) is 17.6 Å². The van der Waals surface area contributed by atoms with E-state index in [1.165, 1.54) is 4.90 Å². The van der Waals surface area contributed by atoms with Crippen LogP contribution < -0.4 is 4.74 Å². The Balaban J connectivity index is 1.93. The molecule has 1 aromatic rings. The normalized spacial score (nSPS) is 20.6. The zero-order chi connectivity index (χ0) is 15.6. The Bertz CT molecular complexity index is 614. The average molecular weight is 315 g/mol. The second-order valence-electron chi connectivity index (χ2n) is 5.32. The largest absolute Gasteiger partial charge is 0.491 e. The van der Waals surface area contributed by atoms with E-state index in [0.717, 1.165) is 5.56 Å². The number of hydrogen-bond donors (Lipinski definition) is 0. The van der Waals surface area contributed by atoms with Gasteiger partial charge in [0.2, 0.25) is 5.91 Å². The van der Waals surface area contributed by atoms with Crippen molar-refractivity contribution in [2.45, 2.75) is 31.6 Å². The van der Waals surface area contributed by atoms with E-state index in [9.17, 15) is 17.1 Å². The van der Waals surface area contributed by atoms with E-state index >= 15 is 0 Å². The van der Waals surface area contributed by atoms with Crippen LogP contribution in [0.15, 0.2) is 24.3 Å². The average Bonchev–Trinajstić information content (AvgIpc) is 2.80. The monoisotopic (exact) mass is 315 g/mol. The van der Waals surface area contributed by atoms with Crippen LogP contribution in [-0.2, 0) is 15.0 Å². The van der Waals surface area contributed by atoms with E-state index in [-0.39, 0.29) is 31.5 Å². The Labute approximate surface area is 123 Å². The molecule has 2 unspecified atom stereocenters. The van der Waals surface area contributed by atoms with Crippen LogP contribution >= 0.6 is 0 Å². The molecule has 7 heteroatoms. The lowest BCUT2D eigenvalue weighted by Gasteiger charge is -2.24. The molecule has 1 heterocycles. The van der Waals surface area contributed by atoms with Gasteiger partial charge in [0.05, 0.1) is 6.04 Å². The number of ether oxygens (including phenoxy) is 1. The second-order valence-corrected chi connectivity index (χ2v) is 6.94. The Morgan fingerprint density at radius 1 is 1.38 bits per heavy atom. The van der Waals surface area contributed by atoms with Gasteiger partial charge in [-0.05, 0) is 26.0 Å². The second kappa shape index (κ2) is 6.01. The van der Waals surface area contributed by atoms with Crippen molar-refractivity contribution in [2.24, 2.45) is 0 Å². The van der Waals surface area contributed by atoms with Gasteiger partial charge < -0.3 is 9.64 Å². The smallest absolute Gasteiger partial charge is 0.307 e. The molecule has 0 aliphatic carbocycles. The summed E-state index contributed by atoms with van der Waals surface area (Å²) in [6.45, 7) is 3.83. The van der Waals surface area contributed by atoms with Gasteiger partial charge in [-0.3, -0.25) is 4.79 Å². The first-order chi connectivity index (χ1) is 9.77. The van der Waals surface area contributed by atoms with E-state index in [2.05, 4.69) is 0 Å². The molecule has 1 fully saturated rings. The fourth-order valence-corrected chi connectivity index (χ4v) is 2.93. The van der Waals surface area contributed by atoms with Crippen molar-refractivity contribution >= 4 is 16.1 Å². The van der Waals surface area contributed by atoms with Crippen LogP contribution in [0, 0.1) is 6.92 Å². The fraction of sp³-hybridized carbons (Fsp3) is 0.500. The molecule has 1 saturated heterocycles. The Kier molecular flexibility index (Phi) is 4.51. The number of likely N-dealkylation sites (tertiary alicyclic amines) is 1. The van der Waals surface area contributed by atoms with Crippen LogP contribution in [0.4, 0.5) is 3.89 Å². The molecule has 0 N–H and O–H groups in total. The quantitative estimate of drug-likeness (QED) is 0.775. The molecule has 0 bridgehead atoms. The Hall–Kier alpha value is -1.63. The lowest BCUT2D eigenvalue weighted by atomic mass is 10.2. The topological polar surface area (TPSA) is 63.7 Å². The van der Waals surface area contributed by atoms with Gasteiger partial charge in [-0.15, -0.1) is 3.89 Å². The molecule has 1 aliphatic heterocycles. The van der Waals surface area contributed by atoms with Gasteiger partial charge in [-0.25, -0.2) is 0 Å². The summed E-state index contributed by atoms with van der Waals surface area (Å²) in [5.41, 5.74) is 1.11. The Morgan fingerprint density at radius 2 is 2.00 bits per heavy atom. The van der Waals surface area contributed by atoms with E-state index in [1.807, 2.05) is 31.2 Å². The number of carbonyl (C=O) groups excluding carboxylic acids is 1. The van der Waals surface area contributed by atoms with E-state index in [1.54, 1.807) is 6.92 Å². The number of benzene rings is 1. The first-order valence-corrected chi connectivity index (χ1v) is 8.14. The predicted molar refractivity (Wildman–Crippen MR) is 76.3 cm³/mol. The minimum atomic E-state index is -4.68. The standard InChI is InChI=1S/C14H18FNO4S/c1-10-3-5-12(6-4-10)20-9-11(2)16-8-13(7-14(16)17)21(15,18)19/h3-6,11,13H,7-9H2,1-2H3. The molecule has 0 aromatic heterocycles. The molecule has 2 rings (SSSR count). The molecular formula is C14H18FNO4S. The third kappa shape index (κ3) is 3.93. The van der Waals surface area contributed by atoms with E-state index in [0.29, 0.717) is 5.75 Å². The summed E-state index contributed by atoms with van der Waals surface area (Å²) < 4.78 is 40.3. The fourth-order valence-electron chi connectivity index (χ4n) is 2.25. The molecule has 0 spiro atoms. The number of halogens is 1. The summed E-state index contributed by atoms with van der Waals surface area (Å²) in [4.78, 5) is 13.1. The van der Waals surface area contributed by atoms with Crippen LogP contribution in [0.3, 0.4) is 0 Å². The highest BCUT2D eigenvalue weighted by Gasteiger charge is 2.40. The molecule has 1 amide bonds. The van der Waals surface area contributed by atoms with Gasteiger partial charge in [-0.1, -0.05) is 17.7 Å². The first kappa shape index (κ1) is 15.8. The zero-order valence-electron chi connectivity index (χ0n) is 12.0. The molecule has 0 radical (unpaired) electrons. The molecule has 0 saturated carbocycles. The van der Waals surface area contributed by atoms with Crippen LogP contribution in [0.2, 0.25) is 0 Å². The molecule has 1 aliphatic rings. The minimum absolute atomic E-state index is 0.115. The summed E-state index contributed by atoms with van der Waals surface area (Å²) in [5.74, 6) is 0.315. The Morgan fingerprint density at radius 3 is 2.52 bits per heavy atom. The SMILES string of the molecule is Cc1ccc(OCC(C)N2CC(S(=O)(=O)F)CC2=O)cc1. The molecule has 21 heavy (non-hydrogen) atoms. The minimum Gasteiger partial charge on any atom is -0.491 e. The number of rotatable bonds is 5. The van der Waals surface area contributed by atoms with Gasteiger partial charge in [0, 0.05) is 13.0 Å². The van der Waals surface area contributed by atoms with Crippen LogP contribution in [-0.4, -0.2) is 43.7 Å². The highest BCUT2D eigenvalue weighted by molar-refractivity contribution is 7.87. The summed E-state index contributed by atoms with van der Waals surface area (Å²) >= 11 is 0. The number of amides is 1. The number of carbonyl (C=O) groups is 1. The maximum Gasteiger partial charge on any atom is 0.307 e. The summed E-state index contributed by atoms with van der Waals surface area (Å²) in [6, 6.07) is 7.15. The third-order valence-corrected chi connectivity index (χ3v) is 4.68. The maximum atomic E-state index is 13.0. The van der Waals surface area contributed by atoms with Crippen LogP contribution in [0.5, 0.6) is 5.75 Å². The summed E-state index contributed by atoms with van der Waals surface area (Å²) in [6.07, 6.45) is -0.298. The van der Waals surface area contributed by atoms with Crippen molar-refractivity contribution in [3.8, 4) is 5.75 Å². The predicted octanol–water partition coefficient (Wildman–Crippen LogP) is 1.66. The summed E-state index contributed by atoms with van der Waals surface area (Å²) in [5, 5.41) is -1.26. The molecule has 5 nitrogen and oxygen atoms in total. The maximum absolute atomic E-state index is 13.0.